The highest BCUT2D eigenvalue weighted by atomic mass is 35.5. The zero-order valence-electron chi connectivity index (χ0n) is 15.0. The predicted octanol–water partition coefficient (Wildman–Crippen LogP) is 2.84. The van der Waals surface area contributed by atoms with Crippen molar-refractivity contribution in [3.63, 3.8) is 0 Å². The molecule has 0 aromatic heterocycles. The van der Waals surface area contributed by atoms with Crippen molar-refractivity contribution in [2.75, 3.05) is 6.54 Å². The van der Waals surface area contributed by atoms with Crippen molar-refractivity contribution in [3.05, 3.63) is 35.4 Å². The number of rotatable bonds is 6. The van der Waals surface area contributed by atoms with Crippen LogP contribution in [-0.4, -0.2) is 46.6 Å². The van der Waals surface area contributed by atoms with Crippen LogP contribution in [0.2, 0.25) is 0 Å². The zero-order valence-corrected chi connectivity index (χ0v) is 15.8. The van der Waals surface area contributed by atoms with E-state index in [2.05, 4.69) is 5.32 Å². The van der Waals surface area contributed by atoms with E-state index >= 15 is 0 Å². The van der Waals surface area contributed by atoms with Crippen LogP contribution >= 0.6 is 11.6 Å². The molecule has 1 aromatic carbocycles. The lowest BCUT2D eigenvalue weighted by atomic mass is 9.95. The Morgan fingerprint density at radius 2 is 1.81 bits per heavy atom. The average Bonchev–Trinajstić information content (AvgIpc) is 3.17. The summed E-state index contributed by atoms with van der Waals surface area (Å²) in [5, 5.41) is 13.5. The van der Waals surface area contributed by atoms with E-state index in [-0.39, 0.29) is 17.7 Å². The van der Waals surface area contributed by atoms with Crippen LogP contribution in [0.5, 0.6) is 0 Å². The number of hydrogen-bond donors (Lipinski definition) is 2. The van der Waals surface area contributed by atoms with Crippen molar-refractivity contribution in [3.8, 4) is 0 Å². The highest BCUT2D eigenvalue weighted by Gasteiger charge is 2.38. The molecule has 2 aliphatic rings. The average molecular weight is 379 g/mol. The number of nitrogens with one attached hydrogen (secondary N) is 1. The van der Waals surface area contributed by atoms with Crippen LogP contribution in [0.25, 0.3) is 0 Å². The number of carbonyl (C=O) groups is 2. The molecule has 1 saturated carbocycles. The first-order valence-electron chi connectivity index (χ1n) is 9.53. The first-order chi connectivity index (χ1) is 12.6. The van der Waals surface area contributed by atoms with Gasteiger partial charge in [0.05, 0.1) is 6.04 Å². The van der Waals surface area contributed by atoms with Gasteiger partial charge in [0.15, 0.2) is 12.0 Å². The van der Waals surface area contributed by atoms with E-state index in [9.17, 15) is 14.7 Å². The fraction of sp³-hybridized carbons (Fsp3) is 0.600. The summed E-state index contributed by atoms with van der Waals surface area (Å²) < 4.78 is 0. The fourth-order valence-electron chi connectivity index (χ4n) is 3.99. The smallest absolute Gasteiger partial charge is 0.264 e. The number of hydrogen-bond acceptors (Lipinski definition) is 4. The molecular formula is C20H27ClN2O3. The summed E-state index contributed by atoms with van der Waals surface area (Å²) in [5.41, 5.74) is 1.55. The number of nitrogens with zero attached hydrogens (tertiary/aromatic N) is 1. The van der Waals surface area contributed by atoms with Crippen molar-refractivity contribution in [2.24, 2.45) is 0 Å². The Labute approximate surface area is 159 Å². The molecule has 0 bridgehead atoms. The summed E-state index contributed by atoms with van der Waals surface area (Å²) in [4.78, 5) is 26.9. The second kappa shape index (κ2) is 8.98. The van der Waals surface area contributed by atoms with Crippen LogP contribution < -0.4 is 5.32 Å². The number of Topliss-reactive ketones (excluding diaryl/α,β-unsaturated/α-hetero) is 1. The molecule has 5 nitrogen and oxygen atoms in total. The van der Waals surface area contributed by atoms with Gasteiger partial charge in [-0.05, 0) is 31.2 Å². The third-order valence-electron chi connectivity index (χ3n) is 5.49. The van der Waals surface area contributed by atoms with Gasteiger partial charge in [-0.15, -0.1) is 11.6 Å². The molecule has 142 valence electrons. The van der Waals surface area contributed by atoms with Crippen LogP contribution in [0.4, 0.5) is 0 Å². The minimum atomic E-state index is -1.27. The molecule has 3 rings (SSSR count). The first-order valence-corrected chi connectivity index (χ1v) is 10.1. The van der Waals surface area contributed by atoms with Gasteiger partial charge in [0, 0.05) is 24.0 Å². The molecule has 0 spiro atoms. The molecule has 1 aliphatic carbocycles. The highest BCUT2D eigenvalue weighted by Crippen LogP contribution is 2.24. The van der Waals surface area contributed by atoms with Gasteiger partial charge in [0.2, 0.25) is 0 Å². The molecule has 1 aliphatic heterocycles. The maximum absolute atomic E-state index is 12.9. The molecule has 1 amide bonds. The summed E-state index contributed by atoms with van der Waals surface area (Å²) in [6.07, 6.45) is 5.56. The van der Waals surface area contributed by atoms with Crippen LogP contribution in [0.1, 0.15) is 60.9 Å². The first kappa shape index (κ1) is 19.3. The van der Waals surface area contributed by atoms with Gasteiger partial charge in [-0.2, -0.15) is 0 Å². The standard InChI is InChI=1S/C20H27ClN2O3/c21-13-14-8-10-15(11-9-14)18(24)17-7-4-12-23(17)20(26)19(25)22-16-5-2-1-3-6-16/h8-11,16-17,20,26H,1-7,12-13H2,(H,22,25). The monoisotopic (exact) mass is 378 g/mol. The number of carbonyl (C=O) groups excluding carboxylic acids is 2. The topological polar surface area (TPSA) is 69.6 Å². The molecule has 26 heavy (non-hydrogen) atoms. The van der Waals surface area contributed by atoms with Crippen molar-refractivity contribution in [2.45, 2.75) is 69.1 Å². The maximum Gasteiger partial charge on any atom is 0.264 e. The Morgan fingerprint density at radius 1 is 1.12 bits per heavy atom. The lowest BCUT2D eigenvalue weighted by Crippen LogP contribution is -2.53. The molecule has 2 fully saturated rings. The number of aliphatic hydroxyl groups is 1. The Hall–Kier alpha value is -1.43. The van der Waals surface area contributed by atoms with E-state index in [1.54, 1.807) is 17.0 Å². The highest BCUT2D eigenvalue weighted by molar-refractivity contribution is 6.17. The Balaban J connectivity index is 1.64. The lowest BCUT2D eigenvalue weighted by molar-refractivity contribution is -0.140. The Bertz CT molecular complexity index is 628. The van der Waals surface area contributed by atoms with Crippen molar-refractivity contribution in [1.82, 2.24) is 10.2 Å². The van der Waals surface area contributed by atoms with E-state index in [0.717, 1.165) is 37.7 Å². The van der Waals surface area contributed by atoms with Gasteiger partial charge in [-0.25, -0.2) is 0 Å². The zero-order chi connectivity index (χ0) is 18.5. The number of halogens is 1. The minimum Gasteiger partial charge on any atom is -0.370 e. The summed E-state index contributed by atoms with van der Waals surface area (Å²) >= 11 is 5.79. The number of likely N-dealkylation sites (tertiary alicyclic amines) is 1. The van der Waals surface area contributed by atoms with Gasteiger partial charge in [-0.1, -0.05) is 43.5 Å². The molecule has 1 saturated heterocycles. The molecule has 2 atom stereocenters. The molecule has 2 unspecified atom stereocenters. The summed E-state index contributed by atoms with van der Waals surface area (Å²) in [7, 11) is 0. The van der Waals surface area contributed by atoms with Crippen LogP contribution in [0, 0.1) is 0 Å². The van der Waals surface area contributed by atoms with E-state index in [4.69, 9.17) is 11.6 Å². The summed E-state index contributed by atoms with van der Waals surface area (Å²) in [6.45, 7) is 0.551. The normalized spacial score (nSPS) is 22.9. The van der Waals surface area contributed by atoms with E-state index in [1.165, 1.54) is 6.42 Å². The maximum atomic E-state index is 12.9. The van der Waals surface area contributed by atoms with Gasteiger partial charge >= 0.3 is 0 Å². The minimum absolute atomic E-state index is 0.0480. The summed E-state index contributed by atoms with van der Waals surface area (Å²) in [5.74, 6) is -0.0217. The molecule has 6 heteroatoms. The van der Waals surface area contributed by atoms with E-state index in [1.807, 2.05) is 12.1 Å². The van der Waals surface area contributed by atoms with Crippen molar-refractivity contribution < 1.29 is 14.7 Å². The lowest BCUT2D eigenvalue weighted by Gasteiger charge is -2.30. The third kappa shape index (κ3) is 4.45. The van der Waals surface area contributed by atoms with Gasteiger partial charge < -0.3 is 10.4 Å². The molecule has 0 radical (unpaired) electrons. The number of amides is 1. The fourth-order valence-corrected chi connectivity index (χ4v) is 4.17. The van der Waals surface area contributed by atoms with E-state index in [0.29, 0.717) is 24.4 Å². The quantitative estimate of drug-likeness (QED) is 0.590. The Morgan fingerprint density at radius 3 is 2.46 bits per heavy atom. The van der Waals surface area contributed by atoms with Crippen molar-refractivity contribution >= 4 is 23.3 Å². The van der Waals surface area contributed by atoms with Gasteiger partial charge in [0.1, 0.15) is 0 Å². The van der Waals surface area contributed by atoms with Crippen molar-refractivity contribution in [1.29, 1.82) is 0 Å². The number of aliphatic hydroxyl groups excluding tert-OH is 1. The van der Waals surface area contributed by atoms with Crippen LogP contribution in [0.3, 0.4) is 0 Å². The second-order valence-corrected chi connectivity index (χ2v) is 7.58. The predicted molar refractivity (Wildman–Crippen MR) is 101 cm³/mol. The molecular weight excluding hydrogens is 352 g/mol. The van der Waals surface area contributed by atoms with E-state index < -0.39 is 12.3 Å². The number of ketones is 1. The summed E-state index contributed by atoms with van der Waals surface area (Å²) in [6, 6.07) is 6.91. The largest absolute Gasteiger partial charge is 0.370 e. The van der Waals surface area contributed by atoms with Gasteiger partial charge in [0.25, 0.3) is 5.91 Å². The number of benzene rings is 1. The molecule has 2 N–H and O–H groups in total. The molecule has 1 heterocycles. The Kier molecular flexibility index (Phi) is 6.68. The third-order valence-corrected chi connectivity index (χ3v) is 5.80. The second-order valence-electron chi connectivity index (χ2n) is 7.31. The van der Waals surface area contributed by atoms with Crippen LogP contribution in [0.15, 0.2) is 24.3 Å². The van der Waals surface area contributed by atoms with Crippen LogP contribution in [-0.2, 0) is 10.7 Å². The molecule has 1 aromatic rings. The SMILES string of the molecule is O=C(NC1CCCCC1)C(O)N1CCCC1C(=O)c1ccc(CCl)cc1. The van der Waals surface area contributed by atoms with Gasteiger partial charge in [-0.3, -0.25) is 14.5 Å². The number of alkyl halides is 1.